The normalized spacial score (nSPS) is 19.9. The number of nitrogens with zero attached hydrogens (tertiary/aromatic N) is 3. The summed E-state index contributed by atoms with van der Waals surface area (Å²) < 4.78 is 29.3. The number of fused-ring (bicyclic) bond motifs is 1. The lowest BCUT2D eigenvalue weighted by Gasteiger charge is -2.33. The highest BCUT2D eigenvalue weighted by atomic mass is 32.2. The van der Waals surface area contributed by atoms with Crippen LogP contribution in [0.3, 0.4) is 0 Å². The van der Waals surface area contributed by atoms with Gasteiger partial charge in [0.1, 0.15) is 10.6 Å². The number of hydrogen-bond donors (Lipinski definition) is 1. The Morgan fingerprint density at radius 2 is 1.81 bits per heavy atom. The largest absolute Gasteiger partial charge is 0.371 e. The summed E-state index contributed by atoms with van der Waals surface area (Å²) in [6.45, 7) is 0.709. The van der Waals surface area contributed by atoms with E-state index in [2.05, 4.69) is 10.3 Å². The third-order valence-electron chi connectivity index (χ3n) is 5.50. The summed E-state index contributed by atoms with van der Waals surface area (Å²) in [5.41, 5.74) is 4.48. The highest BCUT2D eigenvalue weighted by Gasteiger charge is 2.34. The molecule has 2 fully saturated rings. The number of thioether (sulfide) groups is 1. The van der Waals surface area contributed by atoms with Gasteiger partial charge in [0, 0.05) is 37.3 Å². The lowest BCUT2D eigenvalue weighted by atomic mass is 10.1. The van der Waals surface area contributed by atoms with Crippen LogP contribution in [0, 0.1) is 0 Å². The van der Waals surface area contributed by atoms with Gasteiger partial charge in [0.05, 0.1) is 15.9 Å². The minimum atomic E-state index is -2.55. The maximum atomic E-state index is 13.4. The molecule has 2 aliphatic heterocycles. The van der Waals surface area contributed by atoms with Gasteiger partial charge in [0.15, 0.2) is 0 Å². The van der Waals surface area contributed by atoms with Crippen molar-refractivity contribution in [2.24, 2.45) is 0 Å². The highest BCUT2D eigenvalue weighted by molar-refractivity contribution is 8.26. The van der Waals surface area contributed by atoms with Crippen LogP contribution in [0.5, 0.6) is 0 Å². The van der Waals surface area contributed by atoms with Gasteiger partial charge in [-0.3, -0.25) is 9.36 Å². The van der Waals surface area contributed by atoms with Gasteiger partial charge in [-0.05, 0) is 48.0 Å². The first-order valence-corrected chi connectivity index (χ1v) is 11.1. The Hall–Kier alpha value is -2.78. The minimum Gasteiger partial charge on any atom is -0.371 e. The van der Waals surface area contributed by atoms with Gasteiger partial charge in [-0.15, -0.1) is 0 Å². The molecule has 31 heavy (non-hydrogen) atoms. The van der Waals surface area contributed by atoms with Crippen LogP contribution in [-0.4, -0.2) is 38.8 Å². The van der Waals surface area contributed by atoms with Gasteiger partial charge in [-0.25, -0.2) is 13.8 Å². The van der Waals surface area contributed by atoms with E-state index >= 15 is 0 Å². The van der Waals surface area contributed by atoms with E-state index in [1.807, 2.05) is 58.0 Å². The first-order chi connectivity index (χ1) is 14.9. The molecule has 0 saturated carbocycles. The van der Waals surface area contributed by atoms with Crippen molar-refractivity contribution >= 4 is 57.0 Å². The van der Waals surface area contributed by atoms with E-state index in [4.69, 9.17) is 12.2 Å². The van der Waals surface area contributed by atoms with Crippen molar-refractivity contribution in [3.05, 3.63) is 59.3 Å². The number of amides is 1. The Kier molecular flexibility index (Phi) is 5.02. The Balaban J connectivity index is 1.42. The van der Waals surface area contributed by atoms with E-state index in [1.165, 1.54) is 11.8 Å². The number of halogens is 2. The van der Waals surface area contributed by atoms with E-state index in [-0.39, 0.29) is 18.7 Å². The van der Waals surface area contributed by atoms with Crippen LogP contribution in [0.25, 0.3) is 22.8 Å². The Morgan fingerprint density at radius 1 is 1.10 bits per heavy atom. The van der Waals surface area contributed by atoms with E-state index in [9.17, 15) is 13.6 Å². The van der Waals surface area contributed by atoms with Crippen molar-refractivity contribution in [2.45, 2.75) is 18.8 Å². The maximum Gasteiger partial charge on any atom is 0.263 e. The third kappa shape index (κ3) is 4.07. The third-order valence-corrected chi connectivity index (χ3v) is 6.66. The summed E-state index contributed by atoms with van der Waals surface area (Å²) in [6.07, 6.45) is 3.34. The van der Waals surface area contributed by atoms with Gasteiger partial charge >= 0.3 is 0 Å². The number of thiocarbonyl (C=S) groups is 1. The van der Waals surface area contributed by atoms with Crippen LogP contribution in [0.2, 0.25) is 0 Å². The molecule has 3 aromatic rings. The zero-order chi connectivity index (χ0) is 21.6. The van der Waals surface area contributed by atoms with E-state index < -0.39 is 5.92 Å². The number of carbonyl (C=O) groups excluding carboxylic acids is 1. The van der Waals surface area contributed by atoms with Crippen molar-refractivity contribution in [2.75, 3.05) is 18.0 Å². The molecule has 9 heteroatoms. The molecule has 1 aromatic heterocycles. The lowest BCUT2D eigenvalue weighted by molar-refractivity contribution is -0.115. The number of aromatic nitrogens is 2. The number of benzene rings is 2. The monoisotopic (exact) mass is 456 g/mol. The number of alkyl halides is 2. The highest BCUT2D eigenvalue weighted by Crippen LogP contribution is 2.31. The summed E-state index contributed by atoms with van der Waals surface area (Å²) >= 11 is 6.29. The molecule has 2 aliphatic rings. The predicted molar refractivity (Wildman–Crippen MR) is 124 cm³/mol. The maximum absolute atomic E-state index is 13.4. The average molecular weight is 457 g/mol. The van der Waals surface area contributed by atoms with E-state index in [1.54, 1.807) is 6.33 Å². The Labute approximate surface area is 187 Å². The smallest absolute Gasteiger partial charge is 0.263 e. The molecule has 0 radical (unpaired) electrons. The first kappa shape index (κ1) is 20.1. The van der Waals surface area contributed by atoms with Gasteiger partial charge in [-0.1, -0.05) is 30.0 Å². The van der Waals surface area contributed by atoms with Gasteiger partial charge < -0.3 is 10.2 Å². The molecular formula is C22H18F2N4OS2. The summed E-state index contributed by atoms with van der Waals surface area (Å²) in [7, 11) is 0. The number of imidazole rings is 1. The number of rotatable bonds is 3. The van der Waals surface area contributed by atoms with Gasteiger partial charge in [0.25, 0.3) is 11.8 Å². The lowest BCUT2D eigenvalue weighted by Crippen LogP contribution is -2.39. The fourth-order valence-corrected chi connectivity index (χ4v) is 4.85. The van der Waals surface area contributed by atoms with Crippen molar-refractivity contribution in [1.29, 1.82) is 0 Å². The Bertz CT molecular complexity index is 1210. The molecule has 5 nitrogen and oxygen atoms in total. The molecule has 0 spiro atoms. The molecule has 1 amide bonds. The van der Waals surface area contributed by atoms with Crippen LogP contribution in [-0.2, 0) is 4.79 Å². The number of hydrogen-bond acceptors (Lipinski definition) is 5. The molecule has 3 heterocycles. The van der Waals surface area contributed by atoms with E-state index in [0.717, 1.165) is 28.0 Å². The molecular weight excluding hydrogens is 438 g/mol. The number of carbonyl (C=O) groups is 1. The second-order valence-corrected chi connectivity index (χ2v) is 9.29. The zero-order valence-corrected chi connectivity index (χ0v) is 18.0. The number of piperidine rings is 1. The van der Waals surface area contributed by atoms with Crippen molar-refractivity contribution in [1.82, 2.24) is 14.9 Å². The van der Waals surface area contributed by atoms with Crippen LogP contribution in [0.15, 0.2) is 53.7 Å². The van der Waals surface area contributed by atoms with Crippen LogP contribution in [0.4, 0.5) is 14.5 Å². The Morgan fingerprint density at radius 3 is 2.48 bits per heavy atom. The SMILES string of the molecule is O=C1NC(=S)SC1=Cc1ccc2ncn(-c3ccc(N4CCC(F)(F)CC4)cc3)c2c1. The summed E-state index contributed by atoms with van der Waals surface area (Å²) in [6, 6.07) is 13.6. The second-order valence-electron chi connectivity index (χ2n) is 7.57. The predicted octanol–water partition coefficient (Wildman–Crippen LogP) is 4.75. The second kappa shape index (κ2) is 7.72. The van der Waals surface area contributed by atoms with Crippen LogP contribution >= 0.6 is 24.0 Å². The van der Waals surface area contributed by atoms with Gasteiger partial charge in [-0.2, -0.15) is 0 Å². The fraction of sp³-hybridized carbons (Fsp3) is 0.227. The van der Waals surface area contributed by atoms with Crippen molar-refractivity contribution < 1.29 is 13.6 Å². The molecule has 2 saturated heterocycles. The quantitative estimate of drug-likeness (QED) is 0.455. The number of nitrogens with one attached hydrogen (secondary N) is 1. The summed E-state index contributed by atoms with van der Waals surface area (Å²) in [5.74, 6) is -2.74. The van der Waals surface area contributed by atoms with Gasteiger partial charge in [0.2, 0.25) is 0 Å². The molecule has 2 aromatic carbocycles. The molecule has 0 unspecified atom stereocenters. The van der Waals surface area contributed by atoms with E-state index in [0.29, 0.717) is 22.3 Å². The number of anilines is 1. The molecule has 158 valence electrons. The fourth-order valence-electron chi connectivity index (χ4n) is 3.81. The van der Waals surface area contributed by atoms with Crippen molar-refractivity contribution in [3.63, 3.8) is 0 Å². The molecule has 0 bridgehead atoms. The standard InChI is InChI=1S/C22H18F2N4OS2/c23-22(24)7-9-27(10-8-22)15-2-4-16(5-3-15)28-13-25-17-6-1-14(11-18(17)28)12-19-20(29)26-21(30)31-19/h1-6,11-13H,7-10H2,(H,26,29,30). The van der Waals surface area contributed by atoms with Crippen molar-refractivity contribution in [3.8, 4) is 5.69 Å². The zero-order valence-electron chi connectivity index (χ0n) is 16.3. The topological polar surface area (TPSA) is 50.2 Å². The molecule has 5 rings (SSSR count). The summed E-state index contributed by atoms with van der Waals surface area (Å²) in [5, 5.41) is 2.62. The molecule has 0 atom stereocenters. The average Bonchev–Trinajstić information content (AvgIpc) is 3.30. The van der Waals surface area contributed by atoms with Crippen LogP contribution < -0.4 is 10.2 Å². The minimum absolute atomic E-state index is 0.111. The molecule has 1 N–H and O–H groups in total. The summed E-state index contributed by atoms with van der Waals surface area (Å²) in [4.78, 5) is 19.0. The first-order valence-electron chi connectivity index (χ1n) is 9.83. The molecule has 0 aliphatic carbocycles. The van der Waals surface area contributed by atoms with Crippen LogP contribution in [0.1, 0.15) is 18.4 Å².